The highest BCUT2D eigenvalue weighted by Gasteiger charge is 2.12. The van der Waals surface area contributed by atoms with Gasteiger partial charge in [-0.15, -0.1) is 6.58 Å². The number of hydrogen-bond donors (Lipinski definition) is 2. The number of amides is 1. The van der Waals surface area contributed by atoms with E-state index < -0.39 is 6.04 Å². The number of rotatable bonds is 6. The molecular weight excluding hydrogens is 221 g/mol. The van der Waals surface area contributed by atoms with Crippen molar-refractivity contribution >= 4 is 5.91 Å². The van der Waals surface area contributed by atoms with Crippen molar-refractivity contribution in [3.63, 3.8) is 0 Å². The molecule has 17 heavy (non-hydrogen) atoms. The van der Waals surface area contributed by atoms with Gasteiger partial charge < -0.3 is 10.4 Å². The third-order valence-electron chi connectivity index (χ3n) is 2.37. The molecule has 0 bridgehead atoms. The van der Waals surface area contributed by atoms with Crippen molar-refractivity contribution in [2.24, 2.45) is 0 Å². The first kappa shape index (κ1) is 13.4. The van der Waals surface area contributed by atoms with Gasteiger partial charge in [-0.25, -0.2) is 4.39 Å². The van der Waals surface area contributed by atoms with Gasteiger partial charge >= 0.3 is 0 Å². The van der Waals surface area contributed by atoms with Gasteiger partial charge in [-0.1, -0.05) is 18.2 Å². The molecule has 0 aliphatic rings. The molecule has 92 valence electrons. The summed E-state index contributed by atoms with van der Waals surface area (Å²) in [6.07, 6.45) is 2.58. The van der Waals surface area contributed by atoms with Gasteiger partial charge in [0.1, 0.15) is 5.82 Å². The highest BCUT2D eigenvalue weighted by atomic mass is 19.1. The van der Waals surface area contributed by atoms with Crippen LogP contribution in [0, 0.1) is 5.82 Å². The topological polar surface area (TPSA) is 49.3 Å². The van der Waals surface area contributed by atoms with E-state index in [2.05, 4.69) is 11.9 Å². The average Bonchev–Trinajstić information content (AvgIpc) is 2.34. The molecule has 1 unspecified atom stereocenters. The highest BCUT2D eigenvalue weighted by Crippen LogP contribution is 2.13. The summed E-state index contributed by atoms with van der Waals surface area (Å²) >= 11 is 0. The molecule has 0 aliphatic heterocycles. The number of allylic oxidation sites excluding steroid dienone is 1. The Labute approximate surface area is 100.0 Å². The van der Waals surface area contributed by atoms with Gasteiger partial charge in [0, 0.05) is 6.42 Å². The number of carbonyl (C=O) groups excluding carboxylic acids is 1. The Morgan fingerprint density at radius 2 is 2.12 bits per heavy atom. The van der Waals surface area contributed by atoms with E-state index in [1.165, 1.54) is 12.1 Å². The second-order valence-corrected chi connectivity index (χ2v) is 3.68. The summed E-state index contributed by atoms with van der Waals surface area (Å²) in [5.74, 6) is -0.503. The molecular formula is C13H16FNO2. The first-order valence-electron chi connectivity index (χ1n) is 5.44. The number of aliphatic hydroxyl groups excluding tert-OH is 1. The van der Waals surface area contributed by atoms with E-state index in [0.717, 1.165) is 0 Å². The van der Waals surface area contributed by atoms with Crippen LogP contribution < -0.4 is 5.32 Å². The van der Waals surface area contributed by atoms with Gasteiger partial charge in [0.05, 0.1) is 12.6 Å². The molecule has 0 radical (unpaired) electrons. The minimum atomic E-state index is -0.493. The molecule has 1 amide bonds. The number of carbonyl (C=O) groups is 1. The smallest absolute Gasteiger partial charge is 0.220 e. The van der Waals surface area contributed by atoms with Crippen LogP contribution in [-0.4, -0.2) is 17.6 Å². The lowest BCUT2D eigenvalue weighted by Crippen LogP contribution is -2.30. The van der Waals surface area contributed by atoms with Crippen LogP contribution in [0.1, 0.15) is 24.4 Å². The van der Waals surface area contributed by atoms with E-state index in [1.807, 2.05) is 0 Å². The van der Waals surface area contributed by atoms with Crippen molar-refractivity contribution in [3.05, 3.63) is 48.3 Å². The monoisotopic (exact) mass is 237 g/mol. The minimum absolute atomic E-state index is 0.159. The van der Waals surface area contributed by atoms with Crippen LogP contribution in [0.2, 0.25) is 0 Å². The van der Waals surface area contributed by atoms with Crippen molar-refractivity contribution in [2.45, 2.75) is 18.9 Å². The van der Waals surface area contributed by atoms with Crippen molar-refractivity contribution < 1.29 is 14.3 Å². The average molecular weight is 237 g/mol. The van der Waals surface area contributed by atoms with Crippen molar-refractivity contribution in [1.82, 2.24) is 5.32 Å². The predicted molar refractivity (Wildman–Crippen MR) is 63.8 cm³/mol. The Hall–Kier alpha value is -1.68. The summed E-state index contributed by atoms with van der Waals surface area (Å²) < 4.78 is 12.7. The Kier molecular flexibility index (Phi) is 5.36. The molecule has 3 nitrogen and oxygen atoms in total. The van der Waals surface area contributed by atoms with Crippen molar-refractivity contribution in [1.29, 1.82) is 0 Å². The van der Waals surface area contributed by atoms with Crippen LogP contribution in [0.4, 0.5) is 4.39 Å². The van der Waals surface area contributed by atoms with Crippen LogP contribution in [-0.2, 0) is 4.79 Å². The lowest BCUT2D eigenvalue weighted by molar-refractivity contribution is -0.122. The van der Waals surface area contributed by atoms with Crippen LogP contribution in [0.3, 0.4) is 0 Å². The number of aliphatic hydroxyl groups is 1. The van der Waals surface area contributed by atoms with Crippen LogP contribution in [0.15, 0.2) is 36.9 Å². The SMILES string of the molecule is C=CCCC(=O)NC(CO)c1ccc(F)cc1. The maximum atomic E-state index is 12.7. The molecule has 0 spiro atoms. The van der Waals surface area contributed by atoms with Crippen LogP contribution >= 0.6 is 0 Å². The highest BCUT2D eigenvalue weighted by molar-refractivity contribution is 5.76. The third kappa shape index (κ3) is 4.36. The first-order chi connectivity index (χ1) is 8.17. The van der Waals surface area contributed by atoms with Crippen LogP contribution in [0.5, 0.6) is 0 Å². The molecule has 1 atom stereocenters. The first-order valence-corrected chi connectivity index (χ1v) is 5.44. The summed E-state index contributed by atoms with van der Waals surface area (Å²) in [5.41, 5.74) is 0.681. The molecule has 0 heterocycles. The lowest BCUT2D eigenvalue weighted by Gasteiger charge is -2.16. The third-order valence-corrected chi connectivity index (χ3v) is 2.37. The zero-order chi connectivity index (χ0) is 12.7. The molecule has 0 aromatic heterocycles. The van der Waals surface area contributed by atoms with Gasteiger partial charge in [0.25, 0.3) is 0 Å². The molecule has 1 aromatic carbocycles. The zero-order valence-electron chi connectivity index (χ0n) is 9.53. The molecule has 0 saturated carbocycles. The summed E-state index contributed by atoms with van der Waals surface area (Å²) in [4.78, 5) is 11.5. The Morgan fingerprint density at radius 3 is 2.65 bits per heavy atom. The van der Waals surface area contributed by atoms with Gasteiger partial charge in [-0.2, -0.15) is 0 Å². The maximum Gasteiger partial charge on any atom is 0.220 e. The van der Waals surface area contributed by atoms with Gasteiger partial charge in [0.2, 0.25) is 5.91 Å². The Balaban J connectivity index is 2.62. The summed E-state index contributed by atoms with van der Waals surface area (Å²) in [7, 11) is 0. The largest absolute Gasteiger partial charge is 0.394 e. The second kappa shape index (κ2) is 6.81. The molecule has 0 fully saturated rings. The fourth-order valence-corrected chi connectivity index (χ4v) is 1.43. The number of nitrogens with one attached hydrogen (secondary N) is 1. The fourth-order valence-electron chi connectivity index (χ4n) is 1.43. The quantitative estimate of drug-likeness (QED) is 0.743. The predicted octanol–water partition coefficient (Wildman–Crippen LogP) is 1.94. The van der Waals surface area contributed by atoms with Crippen molar-refractivity contribution in [3.8, 4) is 0 Å². The molecule has 0 aliphatic carbocycles. The van der Waals surface area contributed by atoms with Crippen molar-refractivity contribution in [2.75, 3.05) is 6.61 Å². The molecule has 2 N–H and O–H groups in total. The Bertz CT molecular complexity index is 376. The van der Waals surface area contributed by atoms with Gasteiger partial charge in [0.15, 0.2) is 0 Å². The maximum absolute atomic E-state index is 12.7. The van der Waals surface area contributed by atoms with E-state index in [-0.39, 0.29) is 18.3 Å². The van der Waals surface area contributed by atoms with E-state index in [1.54, 1.807) is 18.2 Å². The molecule has 0 saturated heterocycles. The van der Waals surface area contributed by atoms with E-state index in [0.29, 0.717) is 18.4 Å². The normalized spacial score (nSPS) is 11.9. The van der Waals surface area contributed by atoms with Gasteiger partial charge in [-0.05, 0) is 24.1 Å². The van der Waals surface area contributed by atoms with E-state index in [9.17, 15) is 14.3 Å². The number of benzene rings is 1. The number of halogens is 1. The molecule has 1 aromatic rings. The van der Waals surface area contributed by atoms with Gasteiger partial charge in [-0.3, -0.25) is 4.79 Å². The molecule has 4 heteroatoms. The minimum Gasteiger partial charge on any atom is -0.394 e. The lowest BCUT2D eigenvalue weighted by atomic mass is 10.1. The zero-order valence-corrected chi connectivity index (χ0v) is 9.53. The second-order valence-electron chi connectivity index (χ2n) is 3.68. The summed E-state index contributed by atoms with van der Waals surface area (Å²) in [6.45, 7) is 3.31. The van der Waals surface area contributed by atoms with Crippen LogP contribution in [0.25, 0.3) is 0 Å². The standard InChI is InChI=1S/C13H16FNO2/c1-2-3-4-13(17)15-12(9-16)10-5-7-11(14)8-6-10/h2,5-8,12,16H,1,3-4,9H2,(H,15,17). The van der Waals surface area contributed by atoms with E-state index in [4.69, 9.17) is 0 Å². The Morgan fingerprint density at radius 1 is 1.47 bits per heavy atom. The molecule has 1 rings (SSSR count). The summed E-state index contributed by atoms with van der Waals surface area (Å²) in [5, 5.41) is 11.9. The van der Waals surface area contributed by atoms with E-state index >= 15 is 0 Å². The summed E-state index contributed by atoms with van der Waals surface area (Å²) in [6, 6.07) is 5.20. The fraction of sp³-hybridized carbons (Fsp3) is 0.308. The number of hydrogen-bond acceptors (Lipinski definition) is 2.